The Kier molecular flexibility index (Phi) is 1.84. The van der Waals surface area contributed by atoms with Gasteiger partial charge in [-0.1, -0.05) is 0 Å². The molecule has 16 heavy (non-hydrogen) atoms. The lowest BCUT2D eigenvalue weighted by atomic mass is 10.1. The molecule has 0 unspecified atom stereocenters. The highest BCUT2D eigenvalue weighted by atomic mass is 16.3. The first kappa shape index (κ1) is 9.46. The maximum Gasteiger partial charge on any atom is 0.194 e. The quantitative estimate of drug-likeness (QED) is 0.686. The zero-order chi connectivity index (χ0) is 11.3. The van der Waals surface area contributed by atoms with Crippen LogP contribution < -0.4 is 4.90 Å². The van der Waals surface area contributed by atoms with Gasteiger partial charge in [-0.15, -0.1) is 0 Å². The molecular formula is C13H13NO2. The lowest BCUT2D eigenvalue weighted by molar-refractivity contribution is 0.0989. The molecule has 0 saturated carbocycles. The van der Waals surface area contributed by atoms with Crippen LogP contribution >= 0.6 is 0 Å². The molecule has 0 aliphatic carbocycles. The summed E-state index contributed by atoms with van der Waals surface area (Å²) in [6.07, 6.45) is 1.03. The Labute approximate surface area is 93.6 Å². The number of furan rings is 1. The zero-order valence-electron chi connectivity index (χ0n) is 9.41. The fourth-order valence-electron chi connectivity index (χ4n) is 2.35. The van der Waals surface area contributed by atoms with Gasteiger partial charge in [0.05, 0.1) is 0 Å². The highest BCUT2D eigenvalue weighted by molar-refractivity contribution is 5.98. The van der Waals surface area contributed by atoms with Crippen LogP contribution in [0.1, 0.15) is 23.0 Å². The van der Waals surface area contributed by atoms with E-state index in [-0.39, 0.29) is 5.78 Å². The first-order chi connectivity index (χ1) is 7.66. The largest absolute Gasteiger partial charge is 0.453 e. The van der Waals surface area contributed by atoms with Crippen LogP contribution in [0.5, 0.6) is 0 Å². The smallest absolute Gasteiger partial charge is 0.194 e. The van der Waals surface area contributed by atoms with Crippen LogP contribution in [0, 0.1) is 0 Å². The Morgan fingerprint density at radius 2 is 2.25 bits per heavy atom. The summed E-state index contributed by atoms with van der Waals surface area (Å²) in [5.41, 5.74) is 3.37. The second-order valence-corrected chi connectivity index (χ2v) is 4.31. The van der Waals surface area contributed by atoms with E-state index in [1.807, 2.05) is 12.1 Å². The van der Waals surface area contributed by atoms with Crippen molar-refractivity contribution < 1.29 is 9.21 Å². The third-order valence-corrected chi connectivity index (χ3v) is 3.24. The van der Waals surface area contributed by atoms with Gasteiger partial charge in [-0.2, -0.15) is 0 Å². The van der Waals surface area contributed by atoms with Crippen LogP contribution in [0.2, 0.25) is 0 Å². The zero-order valence-corrected chi connectivity index (χ0v) is 9.41. The highest BCUT2D eigenvalue weighted by Gasteiger charge is 2.20. The van der Waals surface area contributed by atoms with Crippen LogP contribution in [-0.4, -0.2) is 19.4 Å². The summed E-state index contributed by atoms with van der Waals surface area (Å²) in [6.45, 7) is 2.57. The number of hydrogen-bond acceptors (Lipinski definition) is 3. The number of Topliss-reactive ketones (excluding diaryl/α,β-unsaturated/α-hetero) is 1. The molecule has 3 heteroatoms. The van der Waals surface area contributed by atoms with Crippen molar-refractivity contribution in [1.29, 1.82) is 0 Å². The highest BCUT2D eigenvalue weighted by Crippen LogP contribution is 2.34. The van der Waals surface area contributed by atoms with Crippen molar-refractivity contribution in [3.8, 4) is 0 Å². The summed E-state index contributed by atoms with van der Waals surface area (Å²) < 4.78 is 5.52. The molecule has 3 rings (SSSR count). The molecular weight excluding hydrogens is 202 g/mol. The SMILES string of the molecule is CC(=O)c1cc2c3c(ccc2o1)N(C)CC3. The number of nitrogens with zero attached hydrogens (tertiary/aromatic N) is 1. The van der Waals surface area contributed by atoms with E-state index in [0.29, 0.717) is 5.76 Å². The number of hydrogen-bond donors (Lipinski definition) is 0. The van der Waals surface area contributed by atoms with E-state index in [0.717, 1.165) is 23.9 Å². The summed E-state index contributed by atoms with van der Waals surface area (Å²) in [5, 5.41) is 1.09. The third kappa shape index (κ3) is 1.18. The van der Waals surface area contributed by atoms with Gasteiger partial charge in [0.1, 0.15) is 5.58 Å². The molecule has 2 heterocycles. The fourth-order valence-corrected chi connectivity index (χ4v) is 2.35. The maximum atomic E-state index is 11.3. The van der Waals surface area contributed by atoms with E-state index >= 15 is 0 Å². The van der Waals surface area contributed by atoms with Crippen LogP contribution in [0.4, 0.5) is 5.69 Å². The summed E-state index contributed by atoms with van der Waals surface area (Å²) in [4.78, 5) is 13.5. The van der Waals surface area contributed by atoms with E-state index < -0.39 is 0 Å². The second kappa shape index (κ2) is 3.11. The van der Waals surface area contributed by atoms with Gasteiger partial charge in [0, 0.05) is 31.6 Å². The Balaban J connectivity index is 2.29. The van der Waals surface area contributed by atoms with Gasteiger partial charge in [0.25, 0.3) is 0 Å². The van der Waals surface area contributed by atoms with Gasteiger partial charge >= 0.3 is 0 Å². The predicted octanol–water partition coefficient (Wildman–Crippen LogP) is 2.63. The second-order valence-electron chi connectivity index (χ2n) is 4.31. The first-order valence-electron chi connectivity index (χ1n) is 5.44. The molecule has 0 fully saturated rings. The van der Waals surface area contributed by atoms with Gasteiger partial charge in [0.2, 0.25) is 0 Å². The number of likely N-dealkylation sites (N-methyl/N-ethyl adjacent to an activating group) is 1. The topological polar surface area (TPSA) is 33.5 Å². The number of benzene rings is 1. The van der Waals surface area contributed by atoms with E-state index in [9.17, 15) is 4.79 Å². The number of carbonyl (C=O) groups is 1. The van der Waals surface area contributed by atoms with Gasteiger partial charge in [-0.3, -0.25) is 4.79 Å². The predicted molar refractivity (Wildman–Crippen MR) is 63.2 cm³/mol. The molecule has 1 aliphatic heterocycles. The minimum absolute atomic E-state index is 0.0173. The Bertz CT molecular complexity index is 583. The van der Waals surface area contributed by atoms with E-state index in [4.69, 9.17) is 4.42 Å². The molecule has 1 aromatic heterocycles. The van der Waals surface area contributed by atoms with Gasteiger partial charge < -0.3 is 9.32 Å². The van der Waals surface area contributed by atoms with E-state index in [1.54, 1.807) is 0 Å². The Morgan fingerprint density at radius 3 is 3.00 bits per heavy atom. The molecule has 3 nitrogen and oxygen atoms in total. The summed E-state index contributed by atoms with van der Waals surface area (Å²) >= 11 is 0. The number of anilines is 1. The van der Waals surface area contributed by atoms with Crippen molar-refractivity contribution in [3.63, 3.8) is 0 Å². The first-order valence-corrected chi connectivity index (χ1v) is 5.44. The monoisotopic (exact) mass is 215 g/mol. The standard InChI is InChI=1S/C13H13NO2/c1-8(15)13-7-10-9-5-6-14(2)11(9)3-4-12(10)16-13/h3-4,7H,5-6H2,1-2H3. The van der Waals surface area contributed by atoms with Crippen molar-refractivity contribution in [2.75, 3.05) is 18.5 Å². The number of rotatable bonds is 1. The Morgan fingerprint density at radius 1 is 1.44 bits per heavy atom. The number of fused-ring (bicyclic) bond motifs is 3. The minimum Gasteiger partial charge on any atom is -0.453 e. The van der Waals surface area contributed by atoms with Crippen LogP contribution in [0.3, 0.4) is 0 Å². The molecule has 1 aliphatic rings. The van der Waals surface area contributed by atoms with Crippen molar-refractivity contribution in [2.45, 2.75) is 13.3 Å². The maximum absolute atomic E-state index is 11.3. The molecule has 1 aromatic carbocycles. The summed E-state index contributed by atoms with van der Waals surface area (Å²) in [7, 11) is 2.09. The molecule has 0 radical (unpaired) electrons. The summed E-state index contributed by atoms with van der Waals surface area (Å²) in [5.74, 6) is 0.439. The molecule has 0 saturated heterocycles. The van der Waals surface area contributed by atoms with Gasteiger partial charge in [-0.05, 0) is 30.2 Å². The molecule has 0 spiro atoms. The third-order valence-electron chi connectivity index (χ3n) is 3.24. The van der Waals surface area contributed by atoms with Crippen molar-refractivity contribution in [1.82, 2.24) is 0 Å². The minimum atomic E-state index is -0.0173. The van der Waals surface area contributed by atoms with E-state index in [1.165, 1.54) is 18.2 Å². The fraction of sp³-hybridized carbons (Fsp3) is 0.308. The number of carbonyl (C=O) groups excluding carboxylic acids is 1. The normalized spacial score (nSPS) is 14.5. The number of ketones is 1. The van der Waals surface area contributed by atoms with Gasteiger partial charge in [0.15, 0.2) is 11.5 Å². The van der Waals surface area contributed by atoms with Crippen molar-refractivity contribution in [2.24, 2.45) is 0 Å². The molecule has 2 aromatic rings. The van der Waals surface area contributed by atoms with Crippen molar-refractivity contribution >= 4 is 22.4 Å². The molecule has 0 bridgehead atoms. The average molecular weight is 215 g/mol. The molecule has 0 N–H and O–H groups in total. The molecule has 0 amide bonds. The van der Waals surface area contributed by atoms with Crippen LogP contribution in [-0.2, 0) is 6.42 Å². The van der Waals surface area contributed by atoms with Crippen LogP contribution in [0.15, 0.2) is 22.6 Å². The lowest BCUT2D eigenvalue weighted by Gasteiger charge is -2.10. The summed E-state index contributed by atoms with van der Waals surface area (Å²) in [6, 6.07) is 5.89. The lowest BCUT2D eigenvalue weighted by Crippen LogP contribution is -2.12. The van der Waals surface area contributed by atoms with E-state index in [2.05, 4.69) is 18.0 Å². The Hall–Kier alpha value is -1.77. The van der Waals surface area contributed by atoms with Crippen molar-refractivity contribution in [3.05, 3.63) is 29.5 Å². The molecule has 0 atom stereocenters. The average Bonchev–Trinajstić information content (AvgIpc) is 2.81. The van der Waals surface area contributed by atoms with Crippen LogP contribution in [0.25, 0.3) is 11.0 Å². The molecule has 82 valence electrons. The van der Waals surface area contributed by atoms with Gasteiger partial charge in [-0.25, -0.2) is 0 Å².